The summed E-state index contributed by atoms with van der Waals surface area (Å²) >= 11 is 1.36. The number of nitrogens with zero attached hydrogens (tertiary/aromatic N) is 5. The second-order valence-corrected chi connectivity index (χ2v) is 7.43. The number of benzene rings is 1. The van der Waals surface area contributed by atoms with E-state index >= 15 is 0 Å². The first-order valence-corrected chi connectivity index (χ1v) is 9.34. The zero-order valence-corrected chi connectivity index (χ0v) is 15.8. The number of aryl methyl sites for hydroxylation is 2. The summed E-state index contributed by atoms with van der Waals surface area (Å²) in [5.41, 5.74) is 3.30. The number of carbonyl (C=O) groups is 1. The van der Waals surface area contributed by atoms with Gasteiger partial charge in [-0.25, -0.2) is 0 Å². The lowest BCUT2D eigenvalue weighted by atomic mass is 10.1. The molecule has 1 aromatic carbocycles. The Morgan fingerprint density at radius 2 is 1.96 bits per heavy atom. The van der Waals surface area contributed by atoms with Gasteiger partial charge in [-0.15, -0.1) is 5.10 Å². The van der Waals surface area contributed by atoms with Crippen molar-refractivity contribution >= 4 is 17.7 Å². The molecule has 8 heteroatoms. The number of carbonyl (C=O) groups excluding carboxylic acids is 1. The second-order valence-electron chi connectivity index (χ2n) is 6.49. The Hall–Kier alpha value is -1.93. The maximum absolute atomic E-state index is 12.5. The minimum Gasteiger partial charge on any atom is -0.372 e. The molecule has 1 aliphatic heterocycles. The molecule has 2 atom stereocenters. The molecular formula is C17H23N5O2S. The van der Waals surface area contributed by atoms with Crippen molar-refractivity contribution in [3.63, 3.8) is 0 Å². The van der Waals surface area contributed by atoms with E-state index in [1.807, 2.05) is 36.9 Å². The Kier molecular flexibility index (Phi) is 5.39. The van der Waals surface area contributed by atoms with Crippen molar-refractivity contribution in [1.29, 1.82) is 0 Å². The average Bonchev–Trinajstić information content (AvgIpc) is 3.02. The maximum Gasteiger partial charge on any atom is 0.233 e. The van der Waals surface area contributed by atoms with Crippen molar-refractivity contribution in [3.05, 3.63) is 29.3 Å². The number of morpholine rings is 1. The van der Waals surface area contributed by atoms with E-state index in [1.165, 1.54) is 22.9 Å². The van der Waals surface area contributed by atoms with Gasteiger partial charge in [0.1, 0.15) is 0 Å². The highest BCUT2D eigenvalue weighted by Crippen LogP contribution is 2.21. The van der Waals surface area contributed by atoms with Gasteiger partial charge < -0.3 is 9.64 Å². The lowest BCUT2D eigenvalue weighted by molar-refractivity contribution is -0.140. The molecule has 0 saturated carbocycles. The van der Waals surface area contributed by atoms with E-state index in [9.17, 15) is 4.79 Å². The fourth-order valence-electron chi connectivity index (χ4n) is 2.89. The molecule has 134 valence electrons. The van der Waals surface area contributed by atoms with Gasteiger partial charge in [-0.1, -0.05) is 17.8 Å². The molecule has 2 heterocycles. The highest BCUT2D eigenvalue weighted by Gasteiger charge is 2.26. The van der Waals surface area contributed by atoms with Crippen LogP contribution < -0.4 is 0 Å². The predicted molar refractivity (Wildman–Crippen MR) is 95.9 cm³/mol. The van der Waals surface area contributed by atoms with Gasteiger partial charge in [0, 0.05) is 13.1 Å². The first-order valence-electron chi connectivity index (χ1n) is 8.36. The van der Waals surface area contributed by atoms with E-state index in [-0.39, 0.29) is 18.1 Å². The second kappa shape index (κ2) is 7.53. The summed E-state index contributed by atoms with van der Waals surface area (Å²) < 4.78 is 7.35. The van der Waals surface area contributed by atoms with Gasteiger partial charge in [-0.3, -0.25) is 4.79 Å². The molecule has 1 fully saturated rings. The molecule has 1 amide bonds. The summed E-state index contributed by atoms with van der Waals surface area (Å²) in [6, 6.07) is 6.07. The number of hydrogen-bond donors (Lipinski definition) is 0. The van der Waals surface area contributed by atoms with Crippen LogP contribution in [0.4, 0.5) is 0 Å². The summed E-state index contributed by atoms with van der Waals surface area (Å²) in [5.74, 6) is 0.395. The lowest BCUT2D eigenvalue weighted by Crippen LogP contribution is -2.48. The summed E-state index contributed by atoms with van der Waals surface area (Å²) in [5, 5.41) is 12.5. The zero-order chi connectivity index (χ0) is 18.0. The highest BCUT2D eigenvalue weighted by molar-refractivity contribution is 7.99. The van der Waals surface area contributed by atoms with E-state index < -0.39 is 0 Å². The molecule has 0 radical (unpaired) electrons. The number of thioether (sulfide) groups is 1. The molecule has 0 N–H and O–H groups in total. The van der Waals surface area contributed by atoms with Gasteiger partial charge in [0.15, 0.2) is 0 Å². The monoisotopic (exact) mass is 361 g/mol. The van der Waals surface area contributed by atoms with Gasteiger partial charge in [0.05, 0.1) is 23.6 Å². The van der Waals surface area contributed by atoms with Crippen LogP contribution in [0.3, 0.4) is 0 Å². The van der Waals surface area contributed by atoms with Crippen LogP contribution in [0.25, 0.3) is 5.69 Å². The van der Waals surface area contributed by atoms with E-state index in [1.54, 1.807) is 4.68 Å². The fraction of sp³-hybridized carbons (Fsp3) is 0.529. The summed E-state index contributed by atoms with van der Waals surface area (Å²) in [6.07, 6.45) is 0.136. The van der Waals surface area contributed by atoms with Gasteiger partial charge >= 0.3 is 0 Å². The Balaban J connectivity index is 1.67. The largest absolute Gasteiger partial charge is 0.372 e. The molecule has 1 saturated heterocycles. The van der Waals surface area contributed by atoms with Crippen molar-refractivity contribution in [2.75, 3.05) is 18.8 Å². The molecule has 0 spiro atoms. The lowest BCUT2D eigenvalue weighted by Gasteiger charge is -2.35. The minimum absolute atomic E-state index is 0.0681. The van der Waals surface area contributed by atoms with Crippen LogP contribution in [-0.2, 0) is 9.53 Å². The fourth-order valence-corrected chi connectivity index (χ4v) is 3.68. The van der Waals surface area contributed by atoms with Crippen molar-refractivity contribution < 1.29 is 9.53 Å². The Labute approximate surface area is 151 Å². The van der Waals surface area contributed by atoms with Gasteiger partial charge in [0.25, 0.3) is 0 Å². The Bertz CT molecular complexity index is 753. The van der Waals surface area contributed by atoms with Gasteiger partial charge in [-0.05, 0) is 61.4 Å². The van der Waals surface area contributed by atoms with Crippen molar-refractivity contribution in [1.82, 2.24) is 25.1 Å². The molecular weight excluding hydrogens is 338 g/mol. The Morgan fingerprint density at radius 1 is 1.24 bits per heavy atom. The maximum atomic E-state index is 12.5. The first kappa shape index (κ1) is 17.9. The normalized spacial score (nSPS) is 20.7. The molecule has 0 aliphatic carbocycles. The quantitative estimate of drug-likeness (QED) is 0.776. The highest BCUT2D eigenvalue weighted by atomic mass is 32.2. The van der Waals surface area contributed by atoms with Crippen molar-refractivity contribution in [2.24, 2.45) is 0 Å². The van der Waals surface area contributed by atoms with Gasteiger partial charge in [0.2, 0.25) is 11.1 Å². The van der Waals surface area contributed by atoms with E-state index in [4.69, 9.17) is 4.74 Å². The van der Waals surface area contributed by atoms with Crippen LogP contribution in [0.2, 0.25) is 0 Å². The first-order chi connectivity index (χ1) is 11.9. The van der Waals surface area contributed by atoms with Crippen LogP contribution in [-0.4, -0.2) is 62.1 Å². The van der Waals surface area contributed by atoms with Crippen LogP contribution in [0.5, 0.6) is 0 Å². The number of aromatic nitrogens is 4. The molecule has 2 aromatic rings. The standard InChI is InChI=1S/C17H23N5O2S/c1-11-5-6-15(7-12(11)2)22-17(18-19-20-22)25-10-16(23)21-8-13(3)24-14(4)9-21/h5-7,13-14H,8-10H2,1-4H3/t13-,14-/m1/s1. The number of amides is 1. The molecule has 1 aliphatic rings. The zero-order valence-electron chi connectivity index (χ0n) is 15.0. The van der Waals surface area contributed by atoms with Gasteiger partial charge in [-0.2, -0.15) is 4.68 Å². The van der Waals surface area contributed by atoms with E-state index in [0.717, 1.165) is 5.69 Å². The molecule has 1 aromatic heterocycles. The number of rotatable bonds is 4. The van der Waals surface area contributed by atoms with Crippen LogP contribution in [0.1, 0.15) is 25.0 Å². The third-order valence-electron chi connectivity index (χ3n) is 4.27. The van der Waals surface area contributed by atoms with Crippen LogP contribution in [0.15, 0.2) is 23.4 Å². The molecule has 3 rings (SSSR count). The number of ether oxygens (including phenoxy) is 1. The average molecular weight is 361 g/mol. The predicted octanol–water partition coefficient (Wildman–Crippen LogP) is 2.01. The number of tetrazole rings is 1. The summed E-state index contributed by atoms with van der Waals surface area (Å²) in [6.45, 7) is 9.36. The molecule has 7 nitrogen and oxygen atoms in total. The van der Waals surface area contributed by atoms with Crippen molar-refractivity contribution in [3.8, 4) is 5.69 Å². The van der Waals surface area contributed by atoms with Crippen molar-refractivity contribution in [2.45, 2.75) is 45.1 Å². The summed E-state index contributed by atoms with van der Waals surface area (Å²) in [7, 11) is 0. The number of hydrogen-bond acceptors (Lipinski definition) is 6. The minimum atomic E-state index is 0.0681. The van der Waals surface area contributed by atoms with Crippen LogP contribution in [0, 0.1) is 13.8 Å². The molecule has 0 bridgehead atoms. The Morgan fingerprint density at radius 3 is 2.64 bits per heavy atom. The SMILES string of the molecule is Cc1ccc(-n2nnnc2SCC(=O)N2C[C@@H](C)O[C@H](C)C2)cc1C. The molecule has 0 unspecified atom stereocenters. The molecule has 25 heavy (non-hydrogen) atoms. The third kappa shape index (κ3) is 4.19. The van der Waals surface area contributed by atoms with E-state index in [2.05, 4.69) is 29.4 Å². The summed E-state index contributed by atoms with van der Waals surface area (Å²) in [4.78, 5) is 14.4. The van der Waals surface area contributed by atoms with E-state index in [0.29, 0.717) is 24.0 Å². The topological polar surface area (TPSA) is 73.1 Å². The smallest absolute Gasteiger partial charge is 0.233 e. The van der Waals surface area contributed by atoms with Crippen LogP contribution >= 0.6 is 11.8 Å². The third-order valence-corrected chi connectivity index (χ3v) is 5.18.